The maximum Gasteiger partial charge on any atom is 0.302 e. The Bertz CT molecular complexity index is 644. The fraction of sp³-hybridized carbons (Fsp3) is 0.273. The lowest BCUT2D eigenvalue weighted by molar-refractivity contribution is 0.590. The van der Waals surface area contributed by atoms with Crippen molar-refractivity contribution in [2.24, 2.45) is 10.9 Å². The molecule has 1 aromatic heterocycles. The van der Waals surface area contributed by atoms with Crippen molar-refractivity contribution in [3.63, 3.8) is 0 Å². The van der Waals surface area contributed by atoms with Crippen LogP contribution in [0.25, 0.3) is 10.9 Å². The molecule has 5 nitrogen and oxygen atoms in total. The number of hydrogen-bond donors (Lipinski definition) is 2. The van der Waals surface area contributed by atoms with Gasteiger partial charge in [-0.3, -0.25) is 0 Å². The van der Waals surface area contributed by atoms with E-state index in [9.17, 15) is 8.42 Å². The molecule has 17 heavy (non-hydrogen) atoms. The molecular formula is C11H15N3O2S. The van der Waals surface area contributed by atoms with Gasteiger partial charge in [0, 0.05) is 17.6 Å². The van der Waals surface area contributed by atoms with Gasteiger partial charge in [-0.15, -0.1) is 0 Å². The first-order valence-corrected chi connectivity index (χ1v) is 6.78. The van der Waals surface area contributed by atoms with E-state index in [1.165, 1.54) is 0 Å². The van der Waals surface area contributed by atoms with Crippen molar-refractivity contribution in [1.82, 2.24) is 3.97 Å². The summed E-state index contributed by atoms with van der Waals surface area (Å²) < 4.78 is 24.0. The van der Waals surface area contributed by atoms with Crippen LogP contribution in [-0.2, 0) is 16.6 Å². The van der Waals surface area contributed by atoms with Crippen molar-refractivity contribution in [3.05, 3.63) is 36.0 Å². The van der Waals surface area contributed by atoms with Gasteiger partial charge in [0.15, 0.2) is 0 Å². The highest BCUT2D eigenvalue weighted by Crippen LogP contribution is 2.23. The summed E-state index contributed by atoms with van der Waals surface area (Å²) in [5, 5.41) is 6.04. The van der Waals surface area contributed by atoms with Crippen molar-refractivity contribution in [1.29, 1.82) is 0 Å². The van der Waals surface area contributed by atoms with E-state index in [4.69, 9.17) is 10.9 Å². The van der Waals surface area contributed by atoms with Gasteiger partial charge in [0.05, 0.1) is 5.52 Å². The van der Waals surface area contributed by atoms with Crippen molar-refractivity contribution in [2.75, 3.05) is 0 Å². The average molecular weight is 253 g/mol. The minimum absolute atomic E-state index is 0.0327. The second-order valence-corrected chi connectivity index (χ2v) is 5.62. The molecule has 1 unspecified atom stereocenters. The summed E-state index contributed by atoms with van der Waals surface area (Å²) in [6.07, 6.45) is 2.16. The lowest BCUT2D eigenvalue weighted by atomic mass is 10.1. The van der Waals surface area contributed by atoms with Gasteiger partial charge in [0.25, 0.3) is 0 Å². The van der Waals surface area contributed by atoms with E-state index in [-0.39, 0.29) is 6.04 Å². The fourth-order valence-electron chi connectivity index (χ4n) is 1.94. The van der Waals surface area contributed by atoms with E-state index in [0.29, 0.717) is 11.9 Å². The molecular weight excluding hydrogens is 238 g/mol. The molecule has 0 aliphatic rings. The molecule has 0 saturated heterocycles. The molecule has 0 bridgehead atoms. The van der Waals surface area contributed by atoms with Crippen LogP contribution in [0.2, 0.25) is 0 Å². The smallest absolute Gasteiger partial charge is 0.302 e. The number of hydrogen-bond acceptors (Lipinski definition) is 3. The molecule has 0 spiro atoms. The number of nitrogens with two attached hydrogens (primary N) is 2. The molecule has 0 fully saturated rings. The van der Waals surface area contributed by atoms with Gasteiger partial charge in [-0.1, -0.05) is 18.2 Å². The van der Waals surface area contributed by atoms with Crippen LogP contribution in [-0.4, -0.2) is 18.4 Å². The quantitative estimate of drug-likeness (QED) is 0.838. The van der Waals surface area contributed by atoms with E-state index in [2.05, 4.69) is 0 Å². The number of para-hydroxylation sites is 1. The highest BCUT2D eigenvalue weighted by Gasteiger charge is 2.15. The second kappa shape index (κ2) is 4.14. The van der Waals surface area contributed by atoms with Gasteiger partial charge < -0.3 is 5.73 Å². The van der Waals surface area contributed by atoms with Crippen LogP contribution in [0.4, 0.5) is 0 Å². The first kappa shape index (κ1) is 12.1. The maximum atomic E-state index is 11.5. The predicted molar refractivity (Wildman–Crippen MR) is 67.8 cm³/mol. The molecule has 92 valence electrons. The Morgan fingerprint density at radius 1 is 1.35 bits per heavy atom. The van der Waals surface area contributed by atoms with Crippen LogP contribution in [0, 0.1) is 0 Å². The zero-order valence-corrected chi connectivity index (χ0v) is 10.3. The van der Waals surface area contributed by atoms with Crippen LogP contribution in [0.3, 0.4) is 0 Å². The topological polar surface area (TPSA) is 91.1 Å². The molecule has 1 aromatic carbocycles. The summed E-state index contributed by atoms with van der Waals surface area (Å²) >= 11 is 0. The molecule has 1 heterocycles. The third-order valence-corrected chi connectivity index (χ3v) is 3.43. The standard InChI is InChI=1S/C11H15N3O2S/c1-8(12)6-9-7-14(17(13,15)16)11-5-3-2-4-10(9)11/h2-5,7-8H,6,12H2,1H3,(H2,13,15,16). The molecule has 0 aliphatic heterocycles. The van der Waals surface area contributed by atoms with E-state index >= 15 is 0 Å². The number of fused-ring (bicyclic) bond motifs is 1. The summed E-state index contributed by atoms with van der Waals surface area (Å²) in [5.41, 5.74) is 7.23. The van der Waals surface area contributed by atoms with E-state index in [0.717, 1.165) is 14.9 Å². The Hall–Kier alpha value is -1.37. The predicted octanol–water partition coefficient (Wildman–Crippen LogP) is 0.583. The number of benzene rings is 1. The molecule has 0 radical (unpaired) electrons. The van der Waals surface area contributed by atoms with Crippen LogP contribution in [0.1, 0.15) is 12.5 Å². The largest absolute Gasteiger partial charge is 0.328 e. The lowest BCUT2D eigenvalue weighted by Gasteiger charge is -2.02. The van der Waals surface area contributed by atoms with E-state index < -0.39 is 10.2 Å². The number of rotatable bonds is 3. The van der Waals surface area contributed by atoms with Crippen molar-refractivity contribution < 1.29 is 8.42 Å². The van der Waals surface area contributed by atoms with Gasteiger partial charge >= 0.3 is 10.2 Å². The minimum atomic E-state index is -3.77. The third-order valence-electron chi connectivity index (χ3n) is 2.58. The Labute approximate surface area is 100 Å². The zero-order valence-electron chi connectivity index (χ0n) is 9.50. The van der Waals surface area contributed by atoms with Crippen molar-refractivity contribution in [3.8, 4) is 0 Å². The Morgan fingerprint density at radius 2 is 2.00 bits per heavy atom. The SMILES string of the molecule is CC(N)Cc1cn(S(N)(=O)=O)c2ccccc12. The third kappa shape index (κ3) is 2.33. The van der Waals surface area contributed by atoms with Crippen LogP contribution < -0.4 is 10.9 Å². The van der Waals surface area contributed by atoms with Crippen molar-refractivity contribution in [2.45, 2.75) is 19.4 Å². The number of nitrogens with zero attached hydrogens (tertiary/aromatic N) is 1. The Kier molecular flexibility index (Phi) is 2.94. The summed E-state index contributed by atoms with van der Waals surface area (Å²) in [6.45, 7) is 1.88. The lowest BCUT2D eigenvalue weighted by Crippen LogP contribution is -2.21. The van der Waals surface area contributed by atoms with Crippen molar-refractivity contribution >= 4 is 21.1 Å². The van der Waals surface area contributed by atoms with Gasteiger partial charge in [-0.25, -0.2) is 9.11 Å². The molecule has 1 atom stereocenters. The summed E-state index contributed by atoms with van der Waals surface area (Å²) in [4.78, 5) is 0. The summed E-state index contributed by atoms with van der Waals surface area (Å²) in [7, 11) is -3.77. The molecule has 0 aliphatic carbocycles. The molecule has 0 amide bonds. The summed E-state index contributed by atoms with van der Waals surface area (Å²) in [5.74, 6) is 0. The summed E-state index contributed by atoms with van der Waals surface area (Å²) in [6, 6.07) is 7.20. The fourth-order valence-corrected chi connectivity index (χ4v) is 2.65. The van der Waals surface area contributed by atoms with Crippen LogP contribution in [0.15, 0.2) is 30.5 Å². The number of aromatic nitrogens is 1. The van der Waals surface area contributed by atoms with E-state index in [1.54, 1.807) is 18.3 Å². The highest BCUT2D eigenvalue weighted by molar-refractivity contribution is 7.87. The van der Waals surface area contributed by atoms with Gasteiger partial charge in [0.1, 0.15) is 0 Å². The second-order valence-electron chi connectivity index (χ2n) is 4.19. The van der Waals surface area contributed by atoms with Crippen LogP contribution in [0.5, 0.6) is 0 Å². The average Bonchev–Trinajstić information content (AvgIpc) is 2.56. The molecule has 0 saturated carbocycles. The Morgan fingerprint density at radius 3 is 2.59 bits per heavy atom. The zero-order chi connectivity index (χ0) is 12.6. The monoisotopic (exact) mass is 253 g/mol. The first-order valence-electron chi connectivity index (χ1n) is 5.27. The molecule has 2 aromatic rings. The van der Waals surface area contributed by atoms with Gasteiger partial charge in [-0.05, 0) is 25.0 Å². The molecule has 4 N–H and O–H groups in total. The van der Waals surface area contributed by atoms with Crippen LogP contribution >= 0.6 is 0 Å². The normalized spacial score (nSPS) is 14.1. The minimum Gasteiger partial charge on any atom is -0.328 e. The Balaban J connectivity index is 2.71. The van der Waals surface area contributed by atoms with Gasteiger partial charge in [0.2, 0.25) is 0 Å². The highest BCUT2D eigenvalue weighted by atomic mass is 32.2. The maximum absolute atomic E-state index is 11.5. The molecule has 6 heteroatoms. The first-order chi connectivity index (χ1) is 7.89. The molecule has 2 rings (SSSR count). The van der Waals surface area contributed by atoms with Gasteiger partial charge in [-0.2, -0.15) is 8.42 Å². The van der Waals surface area contributed by atoms with E-state index in [1.807, 2.05) is 19.1 Å².